The normalized spacial score (nSPS) is 14.9. The molecule has 0 heterocycles. The molecular formula is C12H24O3. The molecule has 1 N–H and O–H groups in total. The summed E-state index contributed by atoms with van der Waals surface area (Å²) in [5.41, 5.74) is -0.252. The fourth-order valence-corrected chi connectivity index (χ4v) is 1.24. The number of hydrogen-bond acceptors (Lipinski definition) is 3. The molecule has 0 aliphatic rings. The third kappa shape index (κ3) is 5.92. The van der Waals surface area contributed by atoms with Crippen LogP contribution in [0, 0.1) is 5.41 Å². The van der Waals surface area contributed by atoms with E-state index in [1.165, 1.54) is 0 Å². The molecular weight excluding hydrogens is 192 g/mol. The van der Waals surface area contributed by atoms with Crippen LogP contribution in [0.5, 0.6) is 0 Å². The van der Waals surface area contributed by atoms with Crippen LogP contribution in [-0.4, -0.2) is 38.1 Å². The van der Waals surface area contributed by atoms with Crippen LogP contribution in [-0.2, 0) is 9.47 Å². The Labute approximate surface area is 93.1 Å². The first-order chi connectivity index (χ1) is 7.24. The highest BCUT2D eigenvalue weighted by Crippen LogP contribution is 2.22. The minimum Gasteiger partial charge on any atom is -0.396 e. The van der Waals surface area contributed by atoms with Crippen molar-refractivity contribution in [1.82, 2.24) is 0 Å². The van der Waals surface area contributed by atoms with E-state index in [1.807, 2.05) is 6.92 Å². The highest BCUT2D eigenvalue weighted by Gasteiger charge is 2.28. The van der Waals surface area contributed by atoms with E-state index in [9.17, 15) is 5.11 Å². The minimum absolute atomic E-state index is 0.102. The van der Waals surface area contributed by atoms with Gasteiger partial charge in [0.25, 0.3) is 0 Å². The SMILES string of the molecule is C=CCOCC(CC)(CO)COCCC. The molecule has 3 nitrogen and oxygen atoms in total. The fraction of sp³-hybridized carbons (Fsp3) is 0.833. The van der Waals surface area contributed by atoms with Gasteiger partial charge in [0, 0.05) is 12.0 Å². The van der Waals surface area contributed by atoms with Crippen molar-refractivity contribution in [2.45, 2.75) is 26.7 Å². The maximum absolute atomic E-state index is 9.39. The van der Waals surface area contributed by atoms with Crippen molar-refractivity contribution >= 4 is 0 Å². The Balaban J connectivity index is 3.98. The highest BCUT2D eigenvalue weighted by molar-refractivity contribution is 4.77. The van der Waals surface area contributed by atoms with Crippen molar-refractivity contribution in [3.63, 3.8) is 0 Å². The van der Waals surface area contributed by atoms with Crippen molar-refractivity contribution in [3.05, 3.63) is 12.7 Å². The quantitative estimate of drug-likeness (QED) is 0.448. The van der Waals surface area contributed by atoms with Crippen LogP contribution in [0.25, 0.3) is 0 Å². The number of rotatable bonds is 10. The molecule has 0 saturated heterocycles. The number of aliphatic hydroxyl groups is 1. The Hall–Kier alpha value is -0.380. The summed E-state index contributed by atoms with van der Waals surface area (Å²) >= 11 is 0. The van der Waals surface area contributed by atoms with Crippen molar-refractivity contribution in [3.8, 4) is 0 Å². The lowest BCUT2D eigenvalue weighted by Crippen LogP contribution is -2.35. The monoisotopic (exact) mass is 216 g/mol. The summed E-state index contributed by atoms with van der Waals surface area (Å²) in [6.07, 6.45) is 3.56. The first-order valence-corrected chi connectivity index (χ1v) is 5.62. The van der Waals surface area contributed by atoms with E-state index in [4.69, 9.17) is 9.47 Å². The largest absolute Gasteiger partial charge is 0.396 e. The molecule has 1 unspecified atom stereocenters. The molecule has 0 aliphatic heterocycles. The van der Waals surface area contributed by atoms with E-state index in [0.717, 1.165) is 19.4 Å². The van der Waals surface area contributed by atoms with Crippen LogP contribution in [0.2, 0.25) is 0 Å². The van der Waals surface area contributed by atoms with Crippen molar-refractivity contribution in [1.29, 1.82) is 0 Å². The van der Waals surface area contributed by atoms with E-state index in [1.54, 1.807) is 6.08 Å². The van der Waals surface area contributed by atoms with E-state index in [-0.39, 0.29) is 12.0 Å². The maximum atomic E-state index is 9.39. The Bertz CT molecular complexity index is 153. The summed E-state index contributed by atoms with van der Waals surface area (Å²) in [4.78, 5) is 0. The minimum atomic E-state index is -0.252. The first kappa shape index (κ1) is 14.6. The number of aliphatic hydroxyl groups excluding tert-OH is 1. The smallest absolute Gasteiger partial charge is 0.0645 e. The zero-order chi connectivity index (χ0) is 11.6. The van der Waals surface area contributed by atoms with Gasteiger partial charge in [0.05, 0.1) is 26.4 Å². The van der Waals surface area contributed by atoms with Crippen LogP contribution < -0.4 is 0 Å². The molecule has 3 heteroatoms. The van der Waals surface area contributed by atoms with E-state index < -0.39 is 0 Å². The van der Waals surface area contributed by atoms with Gasteiger partial charge in [0.1, 0.15) is 0 Å². The molecule has 0 bridgehead atoms. The standard InChI is InChI=1S/C12H24O3/c1-4-7-14-10-12(6-3,9-13)11-15-8-5-2/h4,13H,1,5-11H2,2-3H3. The Kier molecular flexibility index (Phi) is 8.67. The maximum Gasteiger partial charge on any atom is 0.0645 e. The van der Waals surface area contributed by atoms with E-state index >= 15 is 0 Å². The molecule has 1 atom stereocenters. The van der Waals surface area contributed by atoms with Gasteiger partial charge in [-0.05, 0) is 12.8 Å². The average Bonchev–Trinajstić information content (AvgIpc) is 2.28. The van der Waals surface area contributed by atoms with Gasteiger partial charge in [-0.2, -0.15) is 0 Å². The number of hydrogen-bond donors (Lipinski definition) is 1. The molecule has 0 spiro atoms. The molecule has 0 aromatic heterocycles. The van der Waals surface area contributed by atoms with Crippen LogP contribution in [0.3, 0.4) is 0 Å². The Morgan fingerprint density at radius 2 is 1.93 bits per heavy atom. The lowest BCUT2D eigenvalue weighted by atomic mass is 9.88. The topological polar surface area (TPSA) is 38.7 Å². The predicted molar refractivity (Wildman–Crippen MR) is 61.9 cm³/mol. The lowest BCUT2D eigenvalue weighted by molar-refractivity contribution is -0.0478. The summed E-state index contributed by atoms with van der Waals surface area (Å²) in [5.74, 6) is 0. The second-order valence-electron chi connectivity index (χ2n) is 3.87. The zero-order valence-corrected chi connectivity index (χ0v) is 10.00. The first-order valence-electron chi connectivity index (χ1n) is 5.62. The molecule has 0 radical (unpaired) electrons. The molecule has 90 valence electrons. The van der Waals surface area contributed by atoms with Crippen LogP contribution in [0.4, 0.5) is 0 Å². The van der Waals surface area contributed by atoms with Crippen molar-refractivity contribution < 1.29 is 14.6 Å². The molecule has 0 amide bonds. The molecule has 0 aromatic carbocycles. The average molecular weight is 216 g/mol. The highest BCUT2D eigenvalue weighted by atomic mass is 16.5. The van der Waals surface area contributed by atoms with Gasteiger partial charge in [-0.25, -0.2) is 0 Å². The van der Waals surface area contributed by atoms with Gasteiger partial charge >= 0.3 is 0 Å². The van der Waals surface area contributed by atoms with Crippen molar-refractivity contribution in [2.75, 3.05) is 33.0 Å². The second kappa shape index (κ2) is 8.89. The van der Waals surface area contributed by atoms with Crippen LogP contribution >= 0.6 is 0 Å². The van der Waals surface area contributed by atoms with Crippen LogP contribution in [0.15, 0.2) is 12.7 Å². The zero-order valence-electron chi connectivity index (χ0n) is 10.00. The lowest BCUT2D eigenvalue weighted by Gasteiger charge is -2.29. The molecule has 0 aliphatic carbocycles. The Morgan fingerprint density at radius 1 is 1.27 bits per heavy atom. The van der Waals surface area contributed by atoms with E-state index in [2.05, 4.69) is 13.5 Å². The molecule has 0 rings (SSSR count). The molecule has 0 saturated carbocycles. The summed E-state index contributed by atoms with van der Waals surface area (Å²) in [7, 11) is 0. The third-order valence-electron chi connectivity index (χ3n) is 2.49. The van der Waals surface area contributed by atoms with Gasteiger partial charge in [-0.1, -0.05) is 19.9 Å². The number of ether oxygens (including phenoxy) is 2. The van der Waals surface area contributed by atoms with Crippen LogP contribution in [0.1, 0.15) is 26.7 Å². The summed E-state index contributed by atoms with van der Waals surface area (Å²) in [5, 5.41) is 9.39. The van der Waals surface area contributed by atoms with Gasteiger partial charge in [0.2, 0.25) is 0 Å². The summed E-state index contributed by atoms with van der Waals surface area (Å²) in [6.45, 7) is 10.2. The summed E-state index contributed by atoms with van der Waals surface area (Å²) in [6, 6.07) is 0. The van der Waals surface area contributed by atoms with Gasteiger partial charge in [0.15, 0.2) is 0 Å². The van der Waals surface area contributed by atoms with E-state index in [0.29, 0.717) is 19.8 Å². The van der Waals surface area contributed by atoms with Gasteiger partial charge < -0.3 is 14.6 Å². The predicted octanol–water partition coefficient (Wildman–Crippen LogP) is 2.00. The van der Waals surface area contributed by atoms with Gasteiger partial charge in [-0.15, -0.1) is 6.58 Å². The fourth-order valence-electron chi connectivity index (χ4n) is 1.24. The van der Waals surface area contributed by atoms with Gasteiger partial charge in [-0.3, -0.25) is 0 Å². The molecule has 15 heavy (non-hydrogen) atoms. The second-order valence-corrected chi connectivity index (χ2v) is 3.87. The third-order valence-corrected chi connectivity index (χ3v) is 2.49. The Morgan fingerprint density at radius 3 is 2.40 bits per heavy atom. The molecule has 0 fully saturated rings. The van der Waals surface area contributed by atoms with Crippen molar-refractivity contribution in [2.24, 2.45) is 5.41 Å². The summed E-state index contributed by atoms with van der Waals surface area (Å²) < 4.78 is 10.9. The molecule has 0 aromatic rings.